The molecule has 2 aromatic rings. The smallest absolute Gasteiger partial charge is 0.345 e. The largest absolute Gasteiger partial charge is 0.506 e. The zero-order valence-electron chi connectivity index (χ0n) is 10.4. The van der Waals surface area contributed by atoms with Crippen LogP contribution in [0.15, 0.2) is 16.9 Å². The Kier molecular flexibility index (Phi) is 3.24. The lowest BCUT2D eigenvalue weighted by molar-refractivity contribution is 0.0691. The molecule has 0 aliphatic rings. The average Bonchev–Trinajstić information content (AvgIpc) is 2.35. The number of hydrogen-bond acceptors (Lipinski definition) is 3. The first kappa shape index (κ1) is 13.4. The van der Waals surface area contributed by atoms with Gasteiger partial charge in [-0.3, -0.25) is 4.79 Å². The maximum atomic E-state index is 11.9. The van der Waals surface area contributed by atoms with E-state index in [2.05, 4.69) is 0 Å². The summed E-state index contributed by atoms with van der Waals surface area (Å²) in [6, 6.07) is 3.40. The summed E-state index contributed by atoms with van der Waals surface area (Å²) in [5.41, 5.74) is -0.253. The predicted octanol–water partition coefficient (Wildman–Crippen LogP) is 2.16. The first-order valence-electron chi connectivity index (χ1n) is 5.66. The molecule has 0 aliphatic heterocycles. The molecule has 0 unspecified atom stereocenters. The fourth-order valence-corrected chi connectivity index (χ4v) is 2.47. The molecule has 0 spiro atoms. The molecule has 0 amide bonds. The van der Waals surface area contributed by atoms with Gasteiger partial charge in [-0.05, 0) is 18.1 Å². The van der Waals surface area contributed by atoms with Crippen molar-refractivity contribution >= 4 is 28.5 Å². The number of carbonyl (C=O) groups is 1. The Labute approximate surface area is 113 Å². The minimum absolute atomic E-state index is 0.195. The number of carboxylic acids is 1. The fourth-order valence-electron chi connectivity index (χ4n) is 2.08. The molecule has 2 N–H and O–H groups in total. The zero-order chi connectivity index (χ0) is 14.3. The van der Waals surface area contributed by atoms with E-state index in [0.29, 0.717) is 11.9 Å². The van der Waals surface area contributed by atoms with Gasteiger partial charge in [-0.2, -0.15) is 0 Å². The highest BCUT2D eigenvalue weighted by Gasteiger charge is 2.22. The number of pyridine rings is 1. The van der Waals surface area contributed by atoms with E-state index in [9.17, 15) is 14.7 Å². The molecule has 1 aromatic carbocycles. The predicted molar refractivity (Wildman–Crippen MR) is 72.2 cm³/mol. The summed E-state index contributed by atoms with van der Waals surface area (Å²) < 4.78 is 1.17. The Bertz CT molecular complexity index is 749. The summed E-state index contributed by atoms with van der Waals surface area (Å²) in [5.74, 6) is -2.05. The van der Waals surface area contributed by atoms with E-state index in [1.165, 1.54) is 11.6 Å². The third-order valence-electron chi connectivity index (χ3n) is 3.15. The number of aryl methyl sites for hydroxylation is 2. The Balaban J connectivity index is 3.09. The summed E-state index contributed by atoms with van der Waals surface area (Å²) in [7, 11) is 1.44. The molecule has 0 radical (unpaired) electrons. The van der Waals surface area contributed by atoms with Crippen molar-refractivity contribution in [2.75, 3.05) is 0 Å². The maximum Gasteiger partial charge on any atom is 0.345 e. The Hall–Kier alpha value is -2.01. The Morgan fingerprint density at radius 2 is 2.05 bits per heavy atom. The van der Waals surface area contributed by atoms with Crippen LogP contribution in [-0.4, -0.2) is 20.7 Å². The number of rotatable bonds is 2. The minimum atomic E-state index is -1.47. The summed E-state index contributed by atoms with van der Waals surface area (Å²) in [6.07, 6.45) is 0.638. The summed E-state index contributed by atoms with van der Waals surface area (Å²) in [6.45, 7) is 1.89. The summed E-state index contributed by atoms with van der Waals surface area (Å²) in [4.78, 5) is 23.0. The van der Waals surface area contributed by atoms with E-state index >= 15 is 0 Å². The second-order valence-corrected chi connectivity index (χ2v) is 4.56. The molecule has 2 rings (SSSR count). The number of aromatic hydroxyl groups is 1. The van der Waals surface area contributed by atoms with Gasteiger partial charge in [0, 0.05) is 7.05 Å². The van der Waals surface area contributed by atoms with Crippen LogP contribution in [0.5, 0.6) is 5.75 Å². The average molecular weight is 282 g/mol. The standard InChI is InChI=1S/C13H12ClNO4/c1-3-6-4-5-7-8(10(6)14)11(16)9(13(18)19)12(17)15(7)2/h4-5,16H,3H2,1-2H3,(H,18,19). The molecule has 0 saturated heterocycles. The lowest BCUT2D eigenvalue weighted by Crippen LogP contribution is -2.24. The molecule has 1 heterocycles. The monoisotopic (exact) mass is 281 g/mol. The van der Waals surface area contributed by atoms with E-state index in [1.54, 1.807) is 12.1 Å². The van der Waals surface area contributed by atoms with Gasteiger partial charge >= 0.3 is 5.97 Å². The summed E-state index contributed by atoms with van der Waals surface area (Å²) in [5, 5.41) is 19.5. The molecular formula is C13H12ClNO4. The van der Waals surface area contributed by atoms with E-state index in [1.807, 2.05) is 6.92 Å². The van der Waals surface area contributed by atoms with Gasteiger partial charge in [0.25, 0.3) is 5.56 Å². The molecule has 100 valence electrons. The SMILES string of the molecule is CCc1ccc2c(c(O)c(C(=O)O)c(=O)n2C)c1Cl. The van der Waals surface area contributed by atoms with Crippen LogP contribution in [0.1, 0.15) is 22.8 Å². The molecule has 19 heavy (non-hydrogen) atoms. The quantitative estimate of drug-likeness (QED) is 0.884. The molecule has 0 atom stereocenters. The highest BCUT2D eigenvalue weighted by Crippen LogP contribution is 2.34. The number of nitrogens with zero attached hydrogens (tertiary/aromatic N) is 1. The highest BCUT2D eigenvalue weighted by molar-refractivity contribution is 6.37. The van der Waals surface area contributed by atoms with E-state index in [0.717, 1.165) is 5.56 Å². The van der Waals surface area contributed by atoms with Crippen LogP contribution in [0.2, 0.25) is 5.02 Å². The normalized spacial score (nSPS) is 10.9. The zero-order valence-corrected chi connectivity index (χ0v) is 11.2. The molecule has 0 saturated carbocycles. The fraction of sp³-hybridized carbons (Fsp3) is 0.231. The lowest BCUT2D eigenvalue weighted by atomic mass is 10.1. The van der Waals surface area contributed by atoms with Crippen LogP contribution in [0.4, 0.5) is 0 Å². The Morgan fingerprint density at radius 3 is 2.58 bits per heavy atom. The molecular weight excluding hydrogens is 270 g/mol. The number of benzene rings is 1. The van der Waals surface area contributed by atoms with Crippen LogP contribution >= 0.6 is 11.6 Å². The van der Waals surface area contributed by atoms with Crippen molar-refractivity contribution < 1.29 is 15.0 Å². The molecule has 1 aromatic heterocycles. The van der Waals surface area contributed by atoms with Crippen LogP contribution in [0.25, 0.3) is 10.9 Å². The molecule has 0 aliphatic carbocycles. The van der Waals surface area contributed by atoms with Crippen molar-refractivity contribution in [1.82, 2.24) is 4.57 Å². The number of halogens is 1. The van der Waals surface area contributed by atoms with Crippen molar-refractivity contribution in [1.29, 1.82) is 0 Å². The van der Waals surface area contributed by atoms with Crippen molar-refractivity contribution in [3.63, 3.8) is 0 Å². The number of aromatic nitrogens is 1. The second kappa shape index (κ2) is 4.59. The molecule has 0 bridgehead atoms. The van der Waals surface area contributed by atoms with E-state index in [4.69, 9.17) is 16.7 Å². The maximum absolute atomic E-state index is 11.9. The number of hydrogen-bond donors (Lipinski definition) is 2. The van der Waals surface area contributed by atoms with Gasteiger partial charge in [0.15, 0.2) is 5.56 Å². The van der Waals surface area contributed by atoms with Gasteiger partial charge in [0.2, 0.25) is 0 Å². The molecule has 6 heteroatoms. The number of fused-ring (bicyclic) bond motifs is 1. The van der Waals surface area contributed by atoms with Crippen molar-refractivity contribution in [2.45, 2.75) is 13.3 Å². The van der Waals surface area contributed by atoms with E-state index in [-0.39, 0.29) is 10.4 Å². The van der Waals surface area contributed by atoms with Crippen molar-refractivity contribution in [2.24, 2.45) is 7.05 Å². The van der Waals surface area contributed by atoms with Crippen LogP contribution < -0.4 is 5.56 Å². The third-order valence-corrected chi connectivity index (χ3v) is 3.58. The molecule has 5 nitrogen and oxygen atoms in total. The number of aromatic carboxylic acids is 1. The van der Waals surface area contributed by atoms with E-state index < -0.39 is 22.8 Å². The van der Waals surface area contributed by atoms with Crippen molar-refractivity contribution in [3.05, 3.63) is 38.6 Å². The molecule has 0 fully saturated rings. The van der Waals surface area contributed by atoms with Gasteiger partial charge in [-0.25, -0.2) is 4.79 Å². The van der Waals surface area contributed by atoms with Crippen LogP contribution in [0, 0.1) is 0 Å². The van der Waals surface area contributed by atoms with Gasteiger partial charge < -0.3 is 14.8 Å². The van der Waals surface area contributed by atoms with Gasteiger partial charge in [0.05, 0.1) is 15.9 Å². The second-order valence-electron chi connectivity index (χ2n) is 4.18. The van der Waals surface area contributed by atoms with Gasteiger partial charge in [-0.1, -0.05) is 24.6 Å². The summed E-state index contributed by atoms with van der Waals surface area (Å²) >= 11 is 6.18. The lowest BCUT2D eigenvalue weighted by Gasteiger charge is -2.12. The van der Waals surface area contributed by atoms with Crippen molar-refractivity contribution in [3.8, 4) is 5.75 Å². The first-order valence-corrected chi connectivity index (χ1v) is 6.04. The van der Waals surface area contributed by atoms with Crippen LogP contribution in [0.3, 0.4) is 0 Å². The third kappa shape index (κ3) is 1.86. The number of carboxylic acid groups (broad SMARTS) is 1. The topological polar surface area (TPSA) is 79.5 Å². The first-order chi connectivity index (χ1) is 8.90. The minimum Gasteiger partial charge on any atom is -0.506 e. The van der Waals surface area contributed by atoms with Gasteiger partial charge in [-0.15, -0.1) is 0 Å². The van der Waals surface area contributed by atoms with Crippen LogP contribution in [-0.2, 0) is 13.5 Å². The van der Waals surface area contributed by atoms with Gasteiger partial charge in [0.1, 0.15) is 5.75 Å². The Morgan fingerprint density at radius 1 is 1.42 bits per heavy atom. The highest BCUT2D eigenvalue weighted by atomic mass is 35.5.